The lowest BCUT2D eigenvalue weighted by molar-refractivity contribution is -0.135. The Balaban J connectivity index is 1.90. The Hall–Kier alpha value is -2.86. The molecule has 9 heteroatoms. The minimum atomic E-state index is -2.64. The molecule has 0 spiro atoms. The van der Waals surface area contributed by atoms with E-state index in [0.717, 1.165) is 17.4 Å². The topological polar surface area (TPSA) is 73.2 Å². The van der Waals surface area contributed by atoms with Gasteiger partial charge in [0.2, 0.25) is 11.8 Å². The summed E-state index contributed by atoms with van der Waals surface area (Å²) in [6.07, 6.45) is -2.64. The van der Waals surface area contributed by atoms with Crippen LogP contribution in [-0.2, 0) is 9.59 Å². The first-order valence-corrected chi connectivity index (χ1v) is 8.82. The van der Waals surface area contributed by atoms with Gasteiger partial charge in [0.05, 0.1) is 5.69 Å². The van der Waals surface area contributed by atoms with Crippen LogP contribution in [0.3, 0.4) is 0 Å². The molecule has 1 aromatic carbocycles. The molecular formula is C18H14F3N3O2S. The van der Waals surface area contributed by atoms with Crippen molar-refractivity contribution in [1.29, 1.82) is 5.26 Å². The lowest BCUT2D eigenvalue weighted by atomic mass is 9.92. The van der Waals surface area contributed by atoms with Crippen molar-refractivity contribution in [1.82, 2.24) is 4.90 Å². The lowest BCUT2D eigenvalue weighted by Gasteiger charge is -2.16. The van der Waals surface area contributed by atoms with Gasteiger partial charge in [0.25, 0.3) is 6.43 Å². The van der Waals surface area contributed by atoms with Crippen LogP contribution in [-0.4, -0.2) is 30.3 Å². The summed E-state index contributed by atoms with van der Waals surface area (Å²) in [5.74, 6) is -3.70. The van der Waals surface area contributed by atoms with E-state index in [-0.39, 0.29) is 23.4 Å². The number of hydrogen-bond acceptors (Lipinski definition) is 4. The van der Waals surface area contributed by atoms with Crippen LogP contribution in [0.25, 0.3) is 0 Å². The first-order chi connectivity index (χ1) is 12.8. The molecule has 140 valence electrons. The number of nitrogens with zero attached hydrogens (tertiary/aromatic N) is 2. The van der Waals surface area contributed by atoms with Crippen molar-refractivity contribution in [2.24, 2.45) is 5.92 Å². The van der Waals surface area contributed by atoms with E-state index in [4.69, 9.17) is 5.26 Å². The molecule has 1 fully saturated rings. The molecule has 5 nitrogen and oxygen atoms in total. The summed E-state index contributed by atoms with van der Waals surface area (Å²) in [6.45, 7) is 0.203. The number of amides is 2. The van der Waals surface area contributed by atoms with E-state index in [1.165, 1.54) is 35.5 Å². The van der Waals surface area contributed by atoms with Crippen molar-refractivity contribution in [2.45, 2.75) is 12.3 Å². The quantitative estimate of drug-likeness (QED) is 0.808. The number of likely N-dealkylation sites (tertiary alicyclic amines) is 1. The van der Waals surface area contributed by atoms with Gasteiger partial charge < -0.3 is 10.2 Å². The third-order valence-electron chi connectivity index (χ3n) is 4.44. The maximum Gasteiger partial charge on any atom is 0.264 e. The van der Waals surface area contributed by atoms with Crippen molar-refractivity contribution < 1.29 is 22.8 Å². The number of benzene rings is 1. The van der Waals surface area contributed by atoms with Gasteiger partial charge >= 0.3 is 0 Å². The Labute approximate surface area is 157 Å². The zero-order chi connectivity index (χ0) is 19.7. The average Bonchev–Trinajstić information content (AvgIpc) is 3.21. The fourth-order valence-corrected chi connectivity index (χ4v) is 4.11. The monoisotopic (exact) mass is 393 g/mol. The molecule has 1 aliphatic rings. The number of carbonyl (C=O) groups is 2. The Morgan fingerprint density at radius 1 is 1.44 bits per heavy atom. The maximum absolute atomic E-state index is 13.7. The summed E-state index contributed by atoms with van der Waals surface area (Å²) in [7, 11) is 1.52. The largest absolute Gasteiger partial charge is 0.344 e. The van der Waals surface area contributed by atoms with Gasteiger partial charge in [0, 0.05) is 30.0 Å². The zero-order valence-corrected chi connectivity index (χ0v) is 14.9. The fraction of sp³-hybridized carbons (Fsp3) is 0.278. The van der Waals surface area contributed by atoms with Gasteiger partial charge in [-0.1, -0.05) is 6.07 Å². The fourth-order valence-electron chi connectivity index (χ4n) is 3.08. The van der Waals surface area contributed by atoms with Gasteiger partial charge in [-0.05, 0) is 23.6 Å². The van der Waals surface area contributed by atoms with Crippen molar-refractivity contribution in [3.63, 3.8) is 0 Å². The normalized spacial score (nSPS) is 19.4. The van der Waals surface area contributed by atoms with Crippen molar-refractivity contribution in [3.05, 3.63) is 51.5 Å². The van der Waals surface area contributed by atoms with E-state index < -0.39 is 35.9 Å². The number of nitrogens with one attached hydrogen (secondary N) is 1. The molecule has 2 heterocycles. The SMILES string of the molecule is CN1C[C@H](c2cc(C(F)F)cs2)[C@@H](C(=O)Nc2cccc(F)c2C#N)C1=O. The number of alkyl halides is 2. The maximum atomic E-state index is 13.7. The Bertz CT molecular complexity index is 938. The minimum absolute atomic E-state index is 0.0388. The molecule has 1 aliphatic heterocycles. The number of halogens is 3. The second-order valence-electron chi connectivity index (χ2n) is 6.15. The van der Waals surface area contributed by atoms with Crippen molar-refractivity contribution in [2.75, 3.05) is 18.9 Å². The number of anilines is 1. The van der Waals surface area contributed by atoms with Crippen LogP contribution in [0.15, 0.2) is 29.6 Å². The molecule has 0 radical (unpaired) electrons. The molecule has 27 heavy (non-hydrogen) atoms. The molecule has 0 aliphatic carbocycles. The minimum Gasteiger partial charge on any atom is -0.344 e. The number of thiophene rings is 1. The molecule has 0 bridgehead atoms. The van der Waals surface area contributed by atoms with Crippen LogP contribution in [0.1, 0.15) is 28.3 Å². The second kappa shape index (κ2) is 7.40. The zero-order valence-electron chi connectivity index (χ0n) is 14.1. The van der Waals surface area contributed by atoms with Crippen LogP contribution < -0.4 is 5.32 Å². The molecule has 1 saturated heterocycles. The first kappa shape index (κ1) is 18.9. The number of likely N-dealkylation sites (N-methyl/N-ethyl adjacent to an activating group) is 1. The summed E-state index contributed by atoms with van der Waals surface area (Å²) in [6, 6.07) is 6.75. The summed E-state index contributed by atoms with van der Waals surface area (Å²) in [5.41, 5.74) is -0.534. The Kier molecular flexibility index (Phi) is 5.19. The predicted octanol–water partition coefficient (Wildman–Crippen LogP) is 3.51. The number of hydrogen-bond donors (Lipinski definition) is 1. The van der Waals surface area contributed by atoms with Crippen LogP contribution >= 0.6 is 11.3 Å². The van der Waals surface area contributed by atoms with Gasteiger partial charge in [-0.15, -0.1) is 11.3 Å². The Morgan fingerprint density at radius 2 is 2.19 bits per heavy atom. The van der Waals surface area contributed by atoms with Crippen LogP contribution in [0.2, 0.25) is 0 Å². The predicted molar refractivity (Wildman–Crippen MR) is 92.9 cm³/mol. The summed E-state index contributed by atoms with van der Waals surface area (Å²) in [4.78, 5) is 27.1. The highest BCUT2D eigenvalue weighted by Gasteiger charge is 2.45. The van der Waals surface area contributed by atoms with Gasteiger partial charge in [-0.3, -0.25) is 9.59 Å². The molecule has 1 aromatic heterocycles. The summed E-state index contributed by atoms with van der Waals surface area (Å²) in [5, 5.41) is 12.8. The number of rotatable bonds is 4. The van der Waals surface area contributed by atoms with Gasteiger partial charge in [0.15, 0.2) is 0 Å². The molecule has 0 saturated carbocycles. The van der Waals surface area contributed by atoms with E-state index in [1.54, 1.807) is 6.07 Å². The highest BCUT2D eigenvalue weighted by Crippen LogP contribution is 2.38. The summed E-state index contributed by atoms with van der Waals surface area (Å²) < 4.78 is 39.5. The van der Waals surface area contributed by atoms with E-state index in [2.05, 4.69) is 5.32 Å². The number of carbonyl (C=O) groups excluding carboxylic acids is 2. The lowest BCUT2D eigenvalue weighted by Crippen LogP contribution is -2.32. The molecule has 2 aromatic rings. The summed E-state index contributed by atoms with van der Waals surface area (Å²) >= 11 is 1.07. The van der Waals surface area contributed by atoms with Crippen molar-refractivity contribution in [3.8, 4) is 6.07 Å². The van der Waals surface area contributed by atoms with E-state index in [9.17, 15) is 22.8 Å². The van der Waals surface area contributed by atoms with E-state index in [0.29, 0.717) is 4.88 Å². The third kappa shape index (κ3) is 3.53. The van der Waals surface area contributed by atoms with Gasteiger partial charge in [0.1, 0.15) is 23.4 Å². The van der Waals surface area contributed by atoms with Crippen molar-refractivity contribution >= 4 is 28.8 Å². The van der Waals surface area contributed by atoms with Crippen LogP contribution in [0.4, 0.5) is 18.9 Å². The first-order valence-electron chi connectivity index (χ1n) is 7.94. The second-order valence-corrected chi connectivity index (χ2v) is 7.09. The standard InChI is InChI=1S/C18H14F3N3O2S/c1-24-7-11(14-5-9(8-27-14)16(20)21)15(18(24)26)17(25)23-13-4-2-3-12(19)10(13)6-22/h2-5,8,11,15-16H,7H2,1H3,(H,23,25)/t11-,15+/m1/s1. The molecule has 3 rings (SSSR count). The molecule has 0 unspecified atom stereocenters. The van der Waals surface area contributed by atoms with E-state index >= 15 is 0 Å². The molecule has 2 atom stereocenters. The van der Waals surface area contributed by atoms with Gasteiger partial charge in [-0.25, -0.2) is 13.2 Å². The van der Waals surface area contributed by atoms with Gasteiger partial charge in [-0.2, -0.15) is 5.26 Å². The molecule has 1 N–H and O–H groups in total. The highest BCUT2D eigenvalue weighted by molar-refractivity contribution is 7.10. The molecular weight excluding hydrogens is 379 g/mol. The molecule has 2 amide bonds. The average molecular weight is 393 g/mol. The smallest absolute Gasteiger partial charge is 0.264 e. The van der Waals surface area contributed by atoms with Crippen LogP contribution in [0, 0.1) is 23.1 Å². The third-order valence-corrected chi connectivity index (χ3v) is 5.52. The van der Waals surface area contributed by atoms with Crippen LogP contribution in [0.5, 0.6) is 0 Å². The highest BCUT2D eigenvalue weighted by atomic mass is 32.1. The Morgan fingerprint density at radius 3 is 2.81 bits per heavy atom. The number of nitriles is 1. The van der Waals surface area contributed by atoms with E-state index in [1.807, 2.05) is 0 Å².